The van der Waals surface area contributed by atoms with Crippen LogP contribution < -0.4 is 14.4 Å². The molecule has 1 aliphatic heterocycles. The van der Waals surface area contributed by atoms with Crippen LogP contribution in [0.3, 0.4) is 0 Å². The molecule has 3 aromatic carbocycles. The number of esters is 1. The molecule has 1 aromatic heterocycles. The summed E-state index contributed by atoms with van der Waals surface area (Å²) in [6.45, 7) is 2.05. The molecule has 0 radical (unpaired) electrons. The summed E-state index contributed by atoms with van der Waals surface area (Å²) in [5.74, 6) is 0.746. The van der Waals surface area contributed by atoms with Gasteiger partial charge in [0.15, 0.2) is 0 Å². The Bertz CT molecular complexity index is 1410. The summed E-state index contributed by atoms with van der Waals surface area (Å²) in [6, 6.07) is 21.5. The van der Waals surface area contributed by atoms with Gasteiger partial charge in [-0.3, -0.25) is 14.8 Å². The van der Waals surface area contributed by atoms with E-state index in [1.165, 1.54) is 0 Å². The lowest BCUT2D eigenvalue weighted by atomic mass is 9.95. The molecular weight excluding hydrogens is 458 g/mol. The minimum Gasteiger partial charge on any atom is -0.497 e. The van der Waals surface area contributed by atoms with Crippen LogP contribution in [0.15, 0.2) is 72.8 Å². The number of methoxy groups -OCH3 is 2. The highest BCUT2D eigenvalue weighted by Crippen LogP contribution is 2.47. The second-order valence-corrected chi connectivity index (χ2v) is 8.18. The van der Waals surface area contributed by atoms with Gasteiger partial charge in [-0.2, -0.15) is 5.10 Å². The first-order valence-electron chi connectivity index (χ1n) is 11.5. The van der Waals surface area contributed by atoms with Crippen LogP contribution in [0, 0.1) is 0 Å². The van der Waals surface area contributed by atoms with E-state index >= 15 is 0 Å². The monoisotopic (exact) mass is 483 g/mol. The van der Waals surface area contributed by atoms with Crippen molar-refractivity contribution in [2.75, 3.05) is 25.7 Å². The number of aromatic nitrogens is 2. The van der Waals surface area contributed by atoms with E-state index in [2.05, 4.69) is 10.2 Å². The number of benzene rings is 3. The molecule has 0 saturated heterocycles. The van der Waals surface area contributed by atoms with E-state index in [-0.39, 0.29) is 12.5 Å². The fraction of sp³-hybridized carbons (Fsp3) is 0.179. The maximum atomic E-state index is 13.7. The summed E-state index contributed by atoms with van der Waals surface area (Å²) < 4.78 is 16.1. The van der Waals surface area contributed by atoms with Crippen LogP contribution in [0.2, 0.25) is 0 Å². The summed E-state index contributed by atoms with van der Waals surface area (Å²) in [4.78, 5) is 27.6. The van der Waals surface area contributed by atoms with Crippen molar-refractivity contribution in [3.05, 3.63) is 95.2 Å². The average molecular weight is 484 g/mol. The van der Waals surface area contributed by atoms with Crippen molar-refractivity contribution in [1.29, 1.82) is 0 Å². The number of ether oxygens (including phenoxy) is 3. The molecule has 0 spiro atoms. The van der Waals surface area contributed by atoms with Crippen molar-refractivity contribution in [2.45, 2.75) is 13.0 Å². The van der Waals surface area contributed by atoms with E-state index in [0.717, 1.165) is 22.4 Å². The summed E-state index contributed by atoms with van der Waals surface area (Å²) >= 11 is 0. The van der Waals surface area contributed by atoms with E-state index in [1.807, 2.05) is 48.5 Å². The molecular formula is C28H25N3O5. The summed E-state index contributed by atoms with van der Waals surface area (Å²) in [6.07, 6.45) is 0. The number of rotatable bonds is 7. The lowest BCUT2D eigenvalue weighted by Gasteiger charge is -2.27. The van der Waals surface area contributed by atoms with Crippen LogP contribution in [0.5, 0.6) is 11.5 Å². The zero-order valence-corrected chi connectivity index (χ0v) is 20.1. The second kappa shape index (κ2) is 9.58. The standard InChI is InChI=1S/C28H25N3O5/c1-4-36-28(33)18-9-13-19(14-10-18)31-26(21-7-5-6-8-22(21)35-3)23-24(29-30-25(23)27(31)32)17-11-15-20(34-2)16-12-17/h5-16,26H,4H2,1-3H3,(H,29,30)/t26-/m0/s1. The highest BCUT2D eigenvalue weighted by Gasteiger charge is 2.44. The van der Waals surface area contributed by atoms with Crippen LogP contribution >= 0.6 is 0 Å². The minimum absolute atomic E-state index is 0.225. The second-order valence-electron chi connectivity index (χ2n) is 8.18. The molecule has 4 aromatic rings. The molecule has 0 unspecified atom stereocenters. The van der Waals surface area contributed by atoms with Crippen molar-refractivity contribution in [2.24, 2.45) is 0 Å². The quantitative estimate of drug-likeness (QED) is 0.371. The van der Waals surface area contributed by atoms with Gasteiger partial charge in [-0.25, -0.2) is 4.79 Å². The SMILES string of the molecule is CCOC(=O)c1ccc(N2C(=O)c3[nH]nc(-c4ccc(OC)cc4)c3[C@@H]2c2ccccc2OC)cc1. The molecule has 5 rings (SSSR count). The lowest BCUT2D eigenvalue weighted by Crippen LogP contribution is -2.29. The van der Waals surface area contributed by atoms with E-state index in [1.54, 1.807) is 50.3 Å². The van der Waals surface area contributed by atoms with Crippen LogP contribution in [0.1, 0.15) is 44.9 Å². The molecule has 8 nitrogen and oxygen atoms in total. The van der Waals surface area contributed by atoms with E-state index in [4.69, 9.17) is 14.2 Å². The van der Waals surface area contributed by atoms with Gasteiger partial charge in [-0.1, -0.05) is 18.2 Å². The topological polar surface area (TPSA) is 93.8 Å². The van der Waals surface area contributed by atoms with Crippen molar-refractivity contribution < 1.29 is 23.8 Å². The molecule has 2 heterocycles. The normalized spacial score (nSPS) is 14.5. The summed E-state index contributed by atoms with van der Waals surface area (Å²) in [5, 5.41) is 7.47. The highest BCUT2D eigenvalue weighted by atomic mass is 16.5. The number of carbonyl (C=O) groups excluding carboxylic acids is 2. The molecule has 0 fully saturated rings. The maximum Gasteiger partial charge on any atom is 0.338 e. The van der Waals surface area contributed by atoms with E-state index in [9.17, 15) is 9.59 Å². The molecule has 1 atom stereocenters. The number of carbonyl (C=O) groups is 2. The fourth-order valence-corrected chi connectivity index (χ4v) is 4.54. The van der Waals surface area contributed by atoms with Crippen molar-refractivity contribution in [3.8, 4) is 22.8 Å². The third kappa shape index (κ3) is 3.86. The van der Waals surface area contributed by atoms with Gasteiger partial charge in [-0.15, -0.1) is 0 Å². The highest BCUT2D eigenvalue weighted by molar-refractivity contribution is 6.12. The van der Waals surface area contributed by atoms with Gasteiger partial charge < -0.3 is 14.2 Å². The summed E-state index contributed by atoms with van der Waals surface area (Å²) in [5.41, 5.74) is 4.55. The Morgan fingerprint density at radius 2 is 1.69 bits per heavy atom. The van der Waals surface area contributed by atoms with Crippen LogP contribution in [0.25, 0.3) is 11.3 Å². The molecule has 1 N–H and O–H groups in total. The molecule has 0 aliphatic carbocycles. The number of nitrogens with zero attached hydrogens (tertiary/aromatic N) is 2. The Hall–Kier alpha value is -4.59. The Kier molecular flexibility index (Phi) is 6.16. The molecule has 182 valence electrons. The van der Waals surface area contributed by atoms with Gasteiger partial charge >= 0.3 is 5.97 Å². The number of fused-ring (bicyclic) bond motifs is 1. The van der Waals surface area contributed by atoms with Gasteiger partial charge in [0.1, 0.15) is 17.2 Å². The maximum absolute atomic E-state index is 13.7. The Labute approximate surface area is 208 Å². The van der Waals surface area contributed by atoms with Crippen molar-refractivity contribution in [1.82, 2.24) is 10.2 Å². The number of amides is 1. The fourth-order valence-electron chi connectivity index (χ4n) is 4.54. The Morgan fingerprint density at radius 1 is 0.972 bits per heavy atom. The number of H-pyrrole nitrogens is 1. The number of para-hydroxylation sites is 1. The number of hydrogen-bond acceptors (Lipinski definition) is 6. The molecule has 1 aliphatic rings. The van der Waals surface area contributed by atoms with Crippen LogP contribution in [0.4, 0.5) is 5.69 Å². The Morgan fingerprint density at radius 3 is 2.36 bits per heavy atom. The average Bonchev–Trinajstić information content (AvgIpc) is 3.47. The van der Waals surface area contributed by atoms with Gasteiger partial charge in [0, 0.05) is 22.4 Å². The molecule has 0 saturated carbocycles. The molecule has 1 amide bonds. The number of anilines is 1. The predicted molar refractivity (Wildman–Crippen MR) is 135 cm³/mol. The number of hydrogen-bond donors (Lipinski definition) is 1. The van der Waals surface area contributed by atoms with Crippen molar-refractivity contribution in [3.63, 3.8) is 0 Å². The van der Waals surface area contributed by atoms with Gasteiger partial charge in [-0.05, 0) is 61.5 Å². The molecule has 0 bridgehead atoms. The van der Waals surface area contributed by atoms with Crippen molar-refractivity contribution >= 4 is 17.6 Å². The molecule has 8 heteroatoms. The molecule has 36 heavy (non-hydrogen) atoms. The van der Waals surface area contributed by atoms with Gasteiger partial charge in [0.05, 0.1) is 38.1 Å². The van der Waals surface area contributed by atoms with Crippen LogP contribution in [-0.4, -0.2) is 42.9 Å². The first-order chi connectivity index (χ1) is 17.6. The van der Waals surface area contributed by atoms with Crippen LogP contribution in [-0.2, 0) is 4.74 Å². The smallest absolute Gasteiger partial charge is 0.338 e. The minimum atomic E-state index is -0.507. The first kappa shape index (κ1) is 23.2. The van der Waals surface area contributed by atoms with Gasteiger partial charge in [0.25, 0.3) is 5.91 Å². The first-order valence-corrected chi connectivity index (χ1v) is 11.5. The number of nitrogens with one attached hydrogen (secondary N) is 1. The predicted octanol–water partition coefficient (Wildman–Crippen LogP) is 5.02. The third-order valence-electron chi connectivity index (χ3n) is 6.22. The summed E-state index contributed by atoms with van der Waals surface area (Å²) in [7, 11) is 3.22. The third-order valence-corrected chi connectivity index (χ3v) is 6.22. The van der Waals surface area contributed by atoms with E-state index in [0.29, 0.717) is 28.4 Å². The number of aromatic amines is 1. The van der Waals surface area contributed by atoms with Gasteiger partial charge in [0.2, 0.25) is 0 Å². The lowest BCUT2D eigenvalue weighted by molar-refractivity contribution is 0.0526. The largest absolute Gasteiger partial charge is 0.497 e. The van der Waals surface area contributed by atoms with E-state index < -0.39 is 12.0 Å². The Balaban J connectivity index is 1.65. The zero-order valence-electron chi connectivity index (χ0n) is 20.1. The zero-order chi connectivity index (χ0) is 25.2.